The van der Waals surface area contributed by atoms with Crippen LogP contribution in [0.3, 0.4) is 0 Å². The van der Waals surface area contributed by atoms with Gasteiger partial charge in [-0.1, -0.05) is 18.2 Å². The van der Waals surface area contributed by atoms with Crippen molar-refractivity contribution < 1.29 is 24.2 Å². The lowest BCUT2D eigenvalue weighted by molar-refractivity contribution is -0.136. The van der Waals surface area contributed by atoms with Gasteiger partial charge in [-0.2, -0.15) is 0 Å². The first-order valence-corrected chi connectivity index (χ1v) is 7.73. The first-order chi connectivity index (χ1) is 11.2. The summed E-state index contributed by atoms with van der Waals surface area (Å²) in [5.41, 5.74) is 0.973. The molecule has 0 radical (unpaired) electrons. The molecule has 0 aliphatic rings. The zero-order valence-electron chi connectivity index (χ0n) is 14.6. The average molecular weight is 335 g/mol. The van der Waals surface area contributed by atoms with Crippen LogP contribution < -0.4 is 10.1 Å². The van der Waals surface area contributed by atoms with Crippen molar-refractivity contribution in [2.75, 3.05) is 13.7 Å². The van der Waals surface area contributed by atoms with Crippen LogP contribution in [-0.2, 0) is 16.0 Å². The van der Waals surface area contributed by atoms with Crippen molar-refractivity contribution >= 4 is 18.1 Å². The number of alkyl carbamates (subject to hydrolysis) is 1. The Balaban J connectivity index is 2.59. The minimum atomic E-state index is -0.888. The number of carboxylic acids is 1. The van der Waals surface area contributed by atoms with E-state index in [1.165, 1.54) is 0 Å². The van der Waals surface area contributed by atoms with Crippen molar-refractivity contribution in [1.82, 2.24) is 5.32 Å². The summed E-state index contributed by atoms with van der Waals surface area (Å²) in [4.78, 5) is 22.4. The van der Waals surface area contributed by atoms with Gasteiger partial charge in [0.2, 0.25) is 0 Å². The summed E-state index contributed by atoms with van der Waals surface area (Å²) < 4.78 is 10.3. The number of hydrogen-bond donors (Lipinski definition) is 2. The Kier molecular flexibility index (Phi) is 7.30. The summed E-state index contributed by atoms with van der Waals surface area (Å²) in [6.45, 7) is 5.85. The maximum Gasteiger partial charge on any atom is 0.407 e. The van der Waals surface area contributed by atoms with Gasteiger partial charge in [0.15, 0.2) is 0 Å². The number of aliphatic carboxylic acids is 1. The van der Waals surface area contributed by atoms with Crippen LogP contribution >= 0.6 is 0 Å². The van der Waals surface area contributed by atoms with Crippen LogP contribution in [0.4, 0.5) is 4.79 Å². The molecule has 0 unspecified atom stereocenters. The fourth-order valence-corrected chi connectivity index (χ4v) is 1.96. The molecule has 0 bridgehead atoms. The average Bonchev–Trinajstić information content (AvgIpc) is 2.46. The molecule has 6 nitrogen and oxygen atoms in total. The fourth-order valence-electron chi connectivity index (χ4n) is 1.96. The third kappa shape index (κ3) is 7.67. The smallest absolute Gasteiger partial charge is 0.407 e. The normalized spacial score (nSPS) is 11.3. The molecule has 0 spiro atoms. The van der Waals surface area contributed by atoms with Crippen LogP contribution in [0.1, 0.15) is 38.3 Å². The van der Waals surface area contributed by atoms with Crippen molar-refractivity contribution in [2.45, 2.75) is 39.2 Å². The van der Waals surface area contributed by atoms with Crippen LogP contribution in [0, 0.1) is 0 Å². The highest BCUT2D eigenvalue weighted by Crippen LogP contribution is 2.20. The van der Waals surface area contributed by atoms with E-state index >= 15 is 0 Å². The lowest BCUT2D eigenvalue weighted by Crippen LogP contribution is -2.32. The molecule has 0 heterocycles. The second-order valence-corrected chi connectivity index (χ2v) is 6.25. The monoisotopic (exact) mass is 335 g/mol. The summed E-state index contributed by atoms with van der Waals surface area (Å²) in [5.74, 6) is -0.225. The van der Waals surface area contributed by atoms with Gasteiger partial charge in [0.1, 0.15) is 11.4 Å². The molecule has 0 aliphatic heterocycles. The first kappa shape index (κ1) is 19.5. The molecule has 2 N–H and O–H groups in total. The van der Waals surface area contributed by atoms with E-state index in [0.29, 0.717) is 24.3 Å². The molecule has 0 fully saturated rings. The molecule has 1 amide bonds. The first-order valence-electron chi connectivity index (χ1n) is 7.73. The van der Waals surface area contributed by atoms with Gasteiger partial charge < -0.3 is 19.9 Å². The van der Waals surface area contributed by atoms with Crippen LogP contribution in [0.5, 0.6) is 5.75 Å². The molecule has 1 aromatic rings. The molecule has 132 valence electrons. The third-order valence-corrected chi connectivity index (χ3v) is 2.97. The van der Waals surface area contributed by atoms with Gasteiger partial charge in [-0.15, -0.1) is 0 Å². The molecule has 1 rings (SSSR count). The largest absolute Gasteiger partial charge is 0.497 e. The number of benzene rings is 1. The van der Waals surface area contributed by atoms with Gasteiger partial charge in [0, 0.05) is 6.54 Å². The Morgan fingerprint density at radius 2 is 2.00 bits per heavy atom. The number of carbonyl (C=O) groups excluding carboxylic acids is 1. The molecule has 0 saturated heterocycles. The minimum absolute atomic E-state index is 0.0557. The number of carboxylic acid groups (broad SMARTS) is 1. The summed E-state index contributed by atoms with van der Waals surface area (Å²) >= 11 is 0. The Hall–Kier alpha value is -2.50. The van der Waals surface area contributed by atoms with Gasteiger partial charge in [-0.3, -0.25) is 4.79 Å². The molecular weight excluding hydrogens is 310 g/mol. The number of nitrogens with one attached hydrogen (secondary N) is 1. The van der Waals surface area contributed by atoms with Crippen molar-refractivity contribution in [3.8, 4) is 5.75 Å². The lowest BCUT2D eigenvalue weighted by atomic mass is 10.0. The molecule has 0 atom stereocenters. The predicted molar refractivity (Wildman–Crippen MR) is 92.2 cm³/mol. The molecule has 0 aromatic heterocycles. The topological polar surface area (TPSA) is 84.9 Å². The van der Waals surface area contributed by atoms with E-state index < -0.39 is 17.7 Å². The molecule has 24 heavy (non-hydrogen) atoms. The van der Waals surface area contributed by atoms with E-state index in [1.54, 1.807) is 46.1 Å². The number of ether oxygens (including phenoxy) is 2. The van der Waals surface area contributed by atoms with E-state index in [2.05, 4.69) is 5.32 Å². The van der Waals surface area contributed by atoms with Crippen molar-refractivity contribution in [2.24, 2.45) is 0 Å². The molecule has 6 heteroatoms. The van der Waals surface area contributed by atoms with Crippen molar-refractivity contribution in [1.29, 1.82) is 0 Å². The quantitative estimate of drug-likeness (QED) is 0.747. The van der Waals surface area contributed by atoms with Crippen LogP contribution in [0.2, 0.25) is 0 Å². The molecule has 0 aliphatic carbocycles. The SMILES string of the molecule is COc1ccc(CC(=O)O)c(C=CCCNC(=O)OC(C)(C)C)c1. The van der Waals surface area contributed by atoms with E-state index in [1.807, 2.05) is 12.2 Å². The predicted octanol–water partition coefficient (Wildman–Crippen LogP) is 3.25. The number of hydrogen-bond acceptors (Lipinski definition) is 4. The van der Waals surface area contributed by atoms with Gasteiger partial charge in [0.25, 0.3) is 0 Å². The molecule has 1 aromatic carbocycles. The van der Waals surface area contributed by atoms with Crippen molar-refractivity contribution in [3.05, 3.63) is 35.4 Å². The third-order valence-electron chi connectivity index (χ3n) is 2.97. The van der Waals surface area contributed by atoms with E-state index in [4.69, 9.17) is 14.6 Å². The van der Waals surface area contributed by atoms with E-state index in [9.17, 15) is 9.59 Å². The second-order valence-electron chi connectivity index (χ2n) is 6.25. The summed E-state index contributed by atoms with van der Waals surface area (Å²) in [5, 5.41) is 11.6. The summed E-state index contributed by atoms with van der Waals surface area (Å²) in [6.07, 6.45) is 3.79. The van der Waals surface area contributed by atoms with Crippen LogP contribution in [-0.4, -0.2) is 36.4 Å². The second kappa shape index (κ2) is 8.96. The van der Waals surface area contributed by atoms with E-state index in [0.717, 1.165) is 5.56 Å². The lowest BCUT2D eigenvalue weighted by Gasteiger charge is -2.19. The zero-order valence-corrected chi connectivity index (χ0v) is 14.6. The minimum Gasteiger partial charge on any atom is -0.497 e. The van der Waals surface area contributed by atoms with Crippen LogP contribution in [0.15, 0.2) is 24.3 Å². The number of carbonyl (C=O) groups is 2. The zero-order chi connectivity index (χ0) is 18.2. The van der Waals surface area contributed by atoms with Gasteiger partial charge in [0.05, 0.1) is 13.5 Å². The van der Waals surface area contributed by atoms with Crippen molar-refractivity contribution in [3.63, 3.8) is 0 Å². The van der Waals surface area contributed by atoms with E-state index in [-0.39, 0.29) is 6.42 Å². The standard InChI is InChI=1S/C18H25NO5/c1-18(2,3)24-17(22)19-10-6-5-7-13-11-15(23-4)9-8-14(13)12-16(20)21/h5,7-9,11H,6,10,12H2,1-4H3,(H,19,22)(H,20,21). The van der Waals surface area contributed by atoms with Gasteiger partial charge in [-0.05, 0) is 50.5 Å². The highest BCUT2D eigenvalue weighted by Gasteiger charge is 2.15. The Bertz CT molecular complexity index is 602. The maximum atomic E-state index is 11.5. The summed E-state index contributed by atoms with van der Waals surface area (Å²) in [6, 6.07) is 5.27. The maximum absolute atomic E-state index is 11.5. The van der Waals surface area contributed by atoms with Gasteiger partial charge in [-0.25, -0.2) is 4.79 Å². The molecule has 0 saturated carbocycles. The number of amides is 1. The van der Waals surface area contributed by atoms with Crippen LogP contribution in [0.25, 0.3) is 6.08 Å². The Morgan fingerprint density at radius 3 is 2.58 bits per heavy atom. The fraction of sp³-hybridized carbons (Fsp3) is 0.444. The Labute approximate surface area is 142 Å². The number of rotatable bonds is 7. The molecular formula is C18H25NO5. The van der Waals surface area contributed by atoms with Gasteiger partial charge >= 0.3 is 12.1 Å². The summed E-state index contributed by atoms with van der Waals surface area (Å²) in [7, 11) is 1.56. The number of methoxy groups -OCH3 is 1. The highest BCUT2D eigenvalue weighted by atomic mass is 16.6. The Morgan fingerprint density at radius 1 is 1.29 bits per heavy atom. The highest BCUT2D eigenvalue weighted by molar-refractivity contribution is 5.73.